The number of benzene rings is 1. The van der Waals surface area contributed by atoms with Crippen LogP contribution in [0.15, 0.2) is 24.3 Å². The lowest BCUT2D eigenvalue weighted by molar-refractivity contribution is -0.154. The van der Waals surface area contributed by atoms with Gasteiger partial charge >= 0.3 is 5.97 Å². The van der Waals surface area contributed by atoms with E-state index in [0.29, 0.717) is 0 Å². The minimum Gasteiger partial charge on any atom is -0.497 e. The van der Waals surface area contributed by atoms with Gasteiger partial charge in [0.2, 0.25) is 6.54 Å². The molecular formula is C14H17NO3. The normalized spacial score (nSPS) is 10.6. The first-order chi connectivity index (χ1) is 8.49. The molecule has 4 heteroatoms. The molecule has 0 aliphatic carbocycles. The summed E-state index contributed by atoms with van der Waals surface area (Å²) in [5.41, 5.74) is 0.136. The second-order valence-corrected chi connectivity index (χ2v) is 4.62. The molecule has 0 aliphatic heterocycles. The lowest BCUT2D eigenvalue weighted by atomic mass is 9.94. The van der Waals surface area contributed by atoms with E-state index in [9.17, 15) is 4.79 Å². The van der Waals surface area contributed by atoms with Crippen LogP contribution >= 0.6 is 0 Å². The fourth-order valence-electron chi connectivity index (χ4n) is 1.33. The van der Waals surface area contributed by atoms with Crippen LogP contribution in [0.2, 0.25) is 0 Å². The summed E-state index contributed by atoms with van der Waals surface area (Å²) in [6.07, 6.45) is 0. The molecule has 1 aromatic rings. The van der Waals surface area contributed by atoms with Crippen LogP contribution in [0.3, 0.4) is 0 Å². The number of hydrogen-bond acceptors (Lipinski definition) is 3. The number of hydrogen-bond donors (Lipinski definition) is 0. The average molecular weight is 247 g/mol. The highest BCUT2D eigenvalue weighted by molar-refractivity contribution is 5.76. The minimum atomic E-state index is -0.756. The Labute approximate surface area is 107 Å². The van der Waals surface area contributed by atoms with Gasteiger partial charge in [0.25, 0.3) is 0 Å². The molecule has 0 bridgehead atoms. The summed E-state index contributed by atoms with van der Waals surface area (Å²) in [6.45, 7) is 10.6. The zero-order valence-corrected chi connectivity index (χ0v) is 10.9. The number of carbonyl (C=O) groups excluding carboxylic acids is 1. The van der Waals surface area contributed by atoms with E-state index in [2.05, 4.69) is 4.85 Å². The summed E-state index contributed by atoms with van der Waals surface area (Å²) in [6, 6.07) is 7.31. The maximum absolute atomic E-state index is 11.8. The van der Waals surface area contributed by atoms with E-state index in [1.807, 2.05) is 24.3 Å². The van der Waals surface area contributed by atoms with Crippen LogP contribution in [-0.2, 0) is 16.1 Å². The van der Waals surface area contributed by atoms with Crippen molar-refractivity contribution in [3.05, 3.63) is 41.2 Å². The fourth-order valence-corrected chi connectivity index (χ4v) is 1.33. The Morgan fingerprint density at radius 1 is 1.33 bits per heavy atom. The predicted molar refractivity (Wildman–Crippen MR) is 68.0 cm³/mol. The first kappa shape index (κ1) is 14.0. The molecule has 0 aliphatic rings. The molecular weight excluding hydrogens is 230 g/mol. The van der Waals surface area contributed by atoms with Crippen molar-refractivity contribution in [2.45, 2.75) is 20.5 Å². The van der Waals surface area contributed by atoms with Crippen LogP contribution in [0, 0.1) is 12.0 Å². The molecule has 0 heterocycles. The molecule has 96 valence electrons. The van der Waals surface area contributed by atoms with Crippen molar-refractivity contribution >= 4 is 5.97 Å². The molecule has 0 aromatic heterocycles. The van der Waals surface area contributed by atoms with Crippen molar-refractivity contribution in [1.29, 1.82) is 0 Å². The van der Waals surface area contributed by atoms with Crippen molar-refractivity contribution in [3.63, 3.8) is 0 Å². The Kier molecular flexibility index (Phi) is 4.73. The van der Waals surface area contributed by atoms with Crippen LogP contribution in [-0.4, -0.2) is 19.6 Å². The van der Waals surface area contributed by atoms with E-state index in [-0.39, 0.29) is 19.1 Å². The zero-order valence-electron chi connectivity index (χ0n) is 10.9. The standard InChI is InChI=1S/C14H17NO3/c1-14(2,10-15-3)13(16)18-9-11-5-7-12(17-4)8-6-11/h5-8H,9-10H2,1-2,4H3. The summed E-state index contributed by atoms with van der Waals surface area (Å²) >= 11 is 0. The van der Waals surface area contributed by atoms with Gasteiger partial charge in [0, 0.05) is 0 Å². The second kappa shape index (κ2) is 6.06. The molecule has 0 unspecified atom stereocenters. The maximum Gasteiger partial charge on any atom is 0.319 e. The SMILES string of the molecule is [C-]#[N+]CC(C)(C)C(=O)OCc1ccc(OC)cc1. The summed E-state index contributed by atoms with van der Waals surface area (Å²) in [4.78, 5) is 15.0. The molecule has 4 nitrogen and oxygen atoms in total. The Bertz CT molecular complexity index is 443. The van der Waals surface area contributed by atoms with Crippen molar-refractivity contribution in [3.8, 4) is 5.75 Å². The zero-order chi connectivity index (χ0) is 13.6. The molecule has 0 saturated carbocycles. The molecule has 0 fully saturated rings. The lowest BCUT2D eigenvalue weighted by Crippen LogP contribution is -2.28. The predicted octanol–water partition coefficient (Wildman–Crippen LogP) is 2.68. The molecule has 18 heavy (non-hydrogen) atoms. The van der Waals surface area contributed by atoms with Gasteiger partial charge < -0.3 is 14.3 Å². The van der Waals surface area contributed by atoms with Gasteiger partial charge in [0.05, 0.1) is 7.11 Å². The molecule has 0 atom stereocenters. The smallest absolute Gasteiger partial charge is 0.319 e. The van der Waals surface area contributed by atoms with E-state index in [4.69, 9.17) is 16.0 Å². The van der Waals surface area contributed by atoms with Crippen LogP contribution < -0.4 is 4.74 Å². The van der Waals surface area contributed by atoms with E-state index in [0.717, 1.165) is 11.3 Å². The number of carbonyl (C=O) groups is 1. The van der Waals surface area contributed by atoms with Gasteiger partial charge in [-0.3, -0.25) is 4.79 Å². The number of esters is 1. The van der Waals surface area contributed by atoms with Crippen LogP contribution in [0.25, 0.3) is 4.85 Å². The van der Waals surface area contributed by atoms with E-state index in [1.54, 1.807) is 21.0 Å². The minimum absolute atomic E-state index is 0.133. The topological polar surface area (TPSA) is 39.9 Å². The fraction of sp³-hybridized carbons (Fsp3) is 0.429. The second-order valence-electron chi connectivity index (χ2n) is 4.62. The Morgan fingerprint density at radius 2 is 1.94 bits per heavy atom. The lowest BCUT2D eigenvalue weighted by Gasteiger charge is -2.16. The Morgan fingerprint density at radius 3 is 2.44 bits per heavy atom. The molecule has 0 spiro atoms. The number of methoxy groups -OCH3 is 1. The van der Waals surface area contributed by atoms with Gasteiger partial charge in [-0.2, -0.15) is 0 Å². The van der Waals surface area contributed by atoms with E-state index < -0.39 is 5.41 Å². The van der Waals surface area contributed by atoms with Gasteiger partial charge in [0.1, 0.15) is 17.8 Å². The third-order valence-electron chi connectivity index (χ3n) is 2.56. The molecule has 0 N–H and O–H groups in total. The largest absolute Gasteiger partial charge is 0.497 e. The molecule has 0 radical (unpaired) electrons. The number of ether oxygens (including phenoxy) is 2. The summed E-state index contributed by atoms with van der Waals surface area (Å²) in [7, 11) is 1.60. The van der Waals surface area contributed by atoms with Gasteiger partial charge in [-0.25, -0.2) is 6.57 Å². The van der Waals surface area contributed by atoms with Gasteiger partial charge in [-0.1, -0.05) is 12.1 Å². The highest BCUT2D eigenvalue weighted by Gasteiger charge is 2.32. The Hall–Kier alpha value is -2.02. The molecule has 0 amide bonds. The van der Waals surface area contributed by atoms with E-state index in [1.165, 1.54) is 0 Å². The highest BCUT2D eigenvalue weighted by Crippen LogP contribution is 2.19. The third-order valence-corrected chi connectivity index (χ3v) is 2.56. The monoisotopic (exact) mass is 247 g/mol. The third kappa shape index (κ3) is 3.77. The molecule has 0 saturated heterocycles. The van der Waals surface area contributed by atoms with Crippen molar-refractivity contribution in [1.82, 2.24) is 0 Å². The van der Waals surface area contributed by atoms with Crippen molar-refractivity contribution in [2.24, 2.45) is 5.41 Å². The van der Waals surface area contributed by atoms with E-state index >= 15 is 0 Å². The Balaban J connectivity index is 2.54. The first-order valence-corrected chi connectivity index (χ1v) is 5.63. The summed E-state index contributed by atoms with van der Waals surface area (Å²) < 4.78 is 10.2. The average Bonchev–Trinajstić information content (AvgIpc) is 2.36. The van der Waals surface area contributed by atoms with Gasteiger partial charge in [-0.15, -0.1) is 0 Å². The van der Waals surface area contributed by atoms with Crippen LogP contribution in [0.1, 0.15) is 19.4 Å². The van der Waals surface area contributed by atoms with Gasteiger partial charge in [0.15, 0.2) is 0 Å². The summed E-state index contributed by atoms with van der Waals surface area (Å²) in [5, 5.41) is 0. The van der Waals surface area contributed by atoms with Gasteiger partial charge in [-0.05, 0) is 31.5 Å². The quantitative estimate of drug-likeness (QED) is 0.593. The molecule has 1 rings (SSSR count). The number of rotatable bonds is 5. The molecule has 1 aromatic carbocycles. The highest BCUT2D eigenvalue weighted by atomic mass is 16.5. The first-order valence-electron chi connectivity index (χ1n) is 5.63. The van der Waals surface area contributed by atoms with Crippen LogP contribution in [0.4, 0.5) is 0 Å². The number of nitrogens with zero attached hydrogens (tertiary/aromatic N) is 1. The maximum atomic E-state index is 11.8. The van der Waals surface area contributed by atoms with Crippen molar-refractivity contribution in [2.75, 3.05) is 13.7 Å². The van der Waals surface area contributed by atoms with Crippen molar-refractivity contribution < 1.29 is 14.3 Å². The van der Waals surface area contributed by atoms with Crippen LogP contribution in [0.5, 0.6) is 5.75 Å². The summed E-state index contributed by atoms with van der Waals surface area (Å²) in [5.74, 6) is 0.410.